The number of carbonyl (C=O) groups is 4. The summed E-state index contributed by atoms with van der Waals surface area (Å²) in [5, 5.41) is 13.7. The van der Waals surface area contributed by atoms with Crippen LogP contribution in [0.5, 0.6) is 0 Å². The second kappa shape index (κ2) is 11.0. The minimum absolute atomic E-state index is 0.00910. The maximum absolute atomic E-state index is 12.4. The van der Waals surface area contributed by atoms with Gasteiger partial charge in [-0.25, -0.2) is 9.59 Å². The molecule has 9 heteroatoms. The van der Waals surface area contributed by atoms with E-state index >= 15 is 0 Å². The Bertz CT molecular complexity index is 713. The minimum Gasteiger partial charge on any atom is -0.481 e. The highest BCUT2D eigenvalue weighted by Crippen LogP contribution is 2.08. The van der Waals surface area contributed by atoms with Crippen LogP contribution >= 0.6 is 0 Å². The molecule has 0 unspecified atom stereocenters. The number of rotatable bonds is 9. The lowest BCUT2D eigenvalue weighted by Crippen LogP contribution is -2.51. The maximum Gasteiger partial charge on any atom is 0.408 e. The fraction of sp³-hybridized carbons (Fsp3) is 0.500. The normalized spacial score (nSPS) is 13.0. The molecule has 1 aromatic carbocycles. The zero-order valence-electron chi connectivity index (χ0n) is 17.1. The van der Waals surface area contributed by atoms with Crippen molar-refractivity contribution in [3.05, 3.63) is 35.9 Å². The first-order chi connectivity index (χ1) is 13.5. The largest absolute Gasteiger partial charge is 0.481 e. The molecule has 0 radical (unpaired) electrons. The fourth-order valence-corrected chi connectivity index (χ4v) is 2.19. The first-order valence-corrected chi connectivity index (χ1v) is 9.20. The monoisotopic (exact) mass is 408 g/mol. The lowest BCUT2D eigenvalue weighted by molar-refractivity contribution is -0.150. The molecule has 0 aliphatic carbocycles. The Kier molecular flexibility index (Phi) is 9.11. The van der Waals surface area contributed by atoms with Gasteiger partial charge in [0.05, 0.1) is 0 Å². The summed E-state index contributed by atoms with van der Waals surface area (Å²) >= 11 is 0. The Hall–Kier alpha value is -3.10. The lowest BCUT2D eigenvalue weighted by Gasteiger charge is -2.23. The van der Waals surface area contributed by atoms with E-state index < -0.39 is 41.6 Å². The molecule has 0 bridgehead atoms. The lowest BCUT2D eigenvalue weighted by atomic mass is 10.1. The first kappa shape index (κ1) is 23.9. The van der Waals surface area contributed by atoms with Gasteiger partial charge in [-0.1, -0.05) is 30.3 Å². The van der Waals surface area contributed by atoms with Crippen LogP contribution in [0.2, 0.25) is 0 Å². The van der Waals surface area contributed by atoms with E-state index in [1.807, 2.05) is 6.07 Å². The van der Waals surface area contributed by atoms with Crippen molar-refractivity contribution in [3.8, 4) is 0 Å². The van der Waals surface area contributed by atoms with E-state index in [0.29, 0.717) is 0 Å². The van der Waals surface area contributed by atoms with Crippen molar-refractivity contribution in [2.45, 2.75) is 64.8 Å². The van der Waals surface area contributed by atoms with Crippen LogP contribution in [0.4, 0.5) is 4.79 Å². The molecule has 1 rings (SSSR count). The number of carboxylic acids is 1. The molecule has 9 nitrogen and oxygen atoms in total. The van der Waals surface area contributed by atoms with E-state index in [1.54, 1.807) is 45.0 Å². The summed E-state index contributed by atoms with van der Waals surface area (Å²) in [6.45, 7) is 6.46. The second-order valence-electron chi connectivity index (χ2n) is 7.45. The summed E-state index contributed by atoms with van der Waals surface area (Å²) in [4.78, 5) is 47.3. The molecule has 0 fully saturated rings. The Morgan fingerprint density at radius 1 is 1.07 bits per heavy atom. The molecule has 2 amide bonds. The van der Waals surface area contributed by atoms with Crippen LogP contribution in [0.1, 0.15) is 46.1 Å². The summed E-state index contributed by atoms with van der Waals surface area (Å²) in [6.07, 6.45) is -1.26. The molecule has 0 spiro atoms. The molecule has 0 aromatic heterocycles. The van der Waals surface area contributed by atoms with Crippen molar-refractivity contribution in [1.82, 2.24) is 10.6 Å². The zero-order valence-corrected chi connectivity index (χ0v) is 17.1. The van der Waals surface area contributed by atoms with Gasteiger partial charge in [0.25, 0.3) is 0 Å². The standard InChI is InChI=1S/C20H28N2O7/c1-13(21-19(27)29-20(2,3)4)17(25)22-15(10-11-16(23)24)18(26)28-12-14-8-6-5-7-9-14/h5-9,13,15H,10-12H2,1-4H3,(H,21,27)(H,22,25)(H,23,24)/t13-,15+/m0/s1. The van der Waals surface area contributed by atoms with Crippen LogP contribution in [0.15, 0.2) is 30.3 Å². The van der Waals surface area contributed by atoms with Gasteiger partial charge < -0.3 is 25.2 Å². The molecular formula is C20H28N2O7. The zero-order chi connectivity index (χ0) is 22.0. The smallest absolute Gasteiger partial charge is 0.408 e. The van der Waals surface area contributed by atoms with E-state index in [2.05, 4.69) is 10.6 Å². The van der Waals surface area contributed by atoms with Gasteiger partial charge in [0.1, 0.15) is 24.3 Å². The summed E-state index contributed by atoms with van der Waals surface area (Å²) in [6, 6.07) is 6.77. The van der Waals surface area contributed by atoms with Crippen molar-refractivity contribution in [2.75, 3.05) is 0 Å². The van der Waals surface area contributed by atoms with Crippen molar-refractivity contribution in [1.29, 1.82) is 0 Å². The van der Waals surface area contributed by atoms with Crippen LogP contribution in [0, 0.1) is 0 Å². The summed E-state index contributed by atoms with van der Waals surface area (Å²) in [5.41, 5.74) is 0.0232. The molecule has 1 aromatic rings. The second-order valence-corrected chi connectivity index (χ2v) is 7.45. The number of esters is 1. The molecule has 2 atom stereocenters. The van der Waals surface area contributed by atoms with Crippen molar-refractivity contribution < 1.29 is 33.8 Å². The number of ether oxygens (including phenoxy) is 2. The Balaban J connectivity index is 2.67. The third kappa shape index (κ3) is 10.1. The van der Waals surface area contributed by atoms with Gasteiger partial charge in [0.2, 0.25) is 5.91 Å². The van der Waals surface area contributed by atoms with Crippen molar-refractivity contribution in [3.63, 3.8) is 0 Å². The number of amides is 2. The van der Waals surface area contributed by atoms with Gasteiger partial charge in [0, 0.05) is 6.42 Å². The Labute approximate surface area is 169 Å². The molecule has 0 saturated carbocycles. The highest BCUT2D eigenvalue weighted by molar-refractivity contribution is 5.89. The van der Waals surface area contributed by atoms with E-state index in [4.69, 9.17) is 14.6 Å². The Morgan fingerprint density at radius 2 is 1.69 bits per heavy atom. The number of carbonyl (C=O) groups excluding carboxylic acids is 3. The van der Waals surface area contributed by atoms with Gasteiger partial charge in [-0.2, -0.15) is 0 Å². The van der Waals surface area contributed by atoms with Gasteiger partial charge in [-0.05, 0) is 39.7 Å². The maximum atomic E-state index is 12.4. The highest BCUT2D eigenvalue weighted by Gasteiger charge is 2.27. The van der Waals surface area contributed by atoms with Gasteiger partial charge >= 0.3 is 18.0 Å². The Morgan fingerprint density at radius 3 is 2.24 bits per heavy atom. The van der Waals surface area contributed by atoms with Crippen LogP contribution in [0.25, 0.3) is 0 Å². The predicted molar refractivity (Wildman–Crippen MR) is 104 cm³/mol. The molecule has 3 N–H and O–H groups in total. The average molecular weight is 408 g/mol. The number of carboxylic acid groups (broad SMARTS) is 1. The topological polar surface area (TPSA) is 131 Å². The summed E-state index contributed by atoms with van der Waals surface area (Å²) in [5.74, 6) is -2.53. The molecule has 0 heterocycles. The van der Waals surface area contributed by atoms with E-state index in [1.165, 1.54) is 6.92 Å². The van der Waals surface area contributed by atoms with Crippen molar-refractivity contribution in [2.24, 2.45) is 0 Å². The third-order valence-corrected chi connectivity index (χ3v) is 3.60. The number of nitrogens with one attached hydrogen (secondary N) is 2. The average Bonchev–Trinajstić information content (AvgIpc) is 2.61. The molecule has 29 heavy (non-hydrogen) atoms. The summed E-state index contributed by atoms with van der Waals surface area (Å²) in [7, 11) is 0. The molecular weight excluding hydrogens is 380 g/mol. The van der Waals surface area contributed by atoms with Crippen LogP contribution in [-0.4, -0.2) is 46.7 Å². The van der Waals surface area contributed by atoms with Gasteiger partial charge in [0.15, 0.2) is 0 Å². The number of benzene rings is 1. The van der Waals surface area contributed by atoms with E-state index in [-0.39, 0.29) is 19.4 Å². The quantitative estimate of drug-likeness (QED) is 0.533. The number of aliphatic carboxylic acids is 1. The van der Waals surface area contributed by atoms with E-state index in [9.17, 15) is 19.2 Å². The van der Waals surface area contributed by atoms with E-state index in [0.717, 1.165) is 5.56 Å². The van der Waals surface area contributed by atoms with Crippen LogP contribution < -0.4 is 10.6 Å². The number of hydrogen-bond donors (Lipinski definition) is 3. The minimum atomic E-state index is -1.16. The highest BCUT2D eigenvalue weighted by atomic mass is 16.6. The molecule has 160 valence electrons. The van der Waals surface area contributed by atoms with Crippen molar-refractivity contribution >= 4 is 23.9 Å². The molecule has 0 aliphatic rings. The van der Waals surface area contributed by atoms with Crippen LogP contribution in [0.3, 0.4) is 0 Å². The molecule has 0 saturated heterocycles. The van der Waals surface area contributed by atoms with Gasteiger partial charge in [-0.15, -0.1) is 0 Å². The molecule has 0 aliphatic heterocycles. The first-order valence-electron chi connectivity index (χ1n) is 9.20. The third-order valence-electron chi connectivity index (χ3n) is 3.60. The summed E-state index contributed by atoms with van der Waals surface area (Å²) < 4.78 is 10.3. The number of alkyl carbamates (subject to hydrolysis) is 1. The van der Waals surface area contributed by atoms with Crippen LogP contribution in [-0.2, 0) is 30.5 Å². The SMILES string of the molecule is C[C@H](NC(=O)OC(C)(C)C)C(=O)N[C@H](CCC(=O)O)C(=O)OCc1ccccc1. The van der Waals surface area contributed by atoms with Gasteiger partial charge in [-0.3, -0.25) is 9.59 Å². The predicted octanol–water partition coefficient (Wildman–Crippen LogP) is 1.99. The fourth-order valence-electron chi connectivity index (χ4n) is 2.19. The number of hydrogen-bond acceptors (Lipinski definition) is 6.